The highest BCUT2D eigenvalue weighted by atomic mass is 16.5. The second-order valence-electron chi connectivity index (χ2n) is 9.45. The molecule has 2 heterocycles. The molecule has 0 amide bonds. The van der Waals surface area contributed by atoms with Gasteiger partial charge in [0.05, 0.1) is 26.7 Å². The SMILES string of the molecule is COC(=O)c1cncn1Cc1ccc(Cc2c(C)nc(N)nc2NCc2c(C)cc(C)cc2C)c(OC)c1. The molecule has 0 atom stereocenters. The van der Waals surface area contributed by atoms with Crippen LogP contribution in [-0.4, -0.2) is 39.7 Å². The van der Waals surface area contributed by atoms with Crippen molar-refractivity contribution in [1.29, 1.82) is 0 Å². The van der Waals surface area contributed by atoms with E-state index in [9.17, 15) is 4.79 Å². The van der Waals surface area contributed by atoms with Crippen LogP contribution >= 0.6 is 0 Å². The van der Waals surface area contributed by atoms with E-state index in [0.717, 1.165) is 28.1 Å². The monoisotopic (exact) mass is 514 g/mol. The standard InChI is InChI=1S/C29H34N6O3/c1-17-9-18(2)24(19(3)10-17)13-32-27-23(20(4)33-29(30)34-27)12-22-8-7-21(11-26(22)37-5)15-35-16-31-14-25(35)28(36)38-6/h7-11,14,16H,12-13,15H2,1-6H3,(H3,30,32,33,34). The highest BCUT2D eigenvalue weighted by Crippen LogP contribution is 2.29. The summed E-state index contributed by atoms with van der Waals surface area (Å²) >= 11 is 0. The van der Waals surface area contributed by atoms with Gasteiger partial charge in [-0.05, 0) is 61.6 Å². The minimum atomic E-state index is -0.430. The number of carbonyl (C=O) groups is 1. The molecule has 198 valence electrons. The Morgan fingerprint density at radius 3 is 2.45 bits per heavy atom. The Morgan fingerprint density at radius 1 is 1.03 bits per heavy atom. The lowest BCUT2D eigenvalue weighted by atomic mass is 9.99. The molecule has 0 fully saturated rings. The van der Waals surface area contributed by atoms with Crippen LogP contribution in [0.4, 0.5) is 11.8 Å². The molecule has 0 unspecified atom stereocenters. The first-order valence-electron chi connectivity index (χ1n) is 12.4. The maximum atomic E-state index is 12.0. The van der Waals surface area contributed by atoms with Crippen molar-refractivity contribution in [3.8, 4) is 5.75 Å². The predicted molar refractivity (Wildman–Crippen MR) is 148 cm³/mol. The molecule has 0 saturated heterocycles. The van der Waals surface area contributed by atoms with Crippen molar-refractivity contribution in [3.63, 3.8) is 0 Å². The lowest BCUT2D eigenvalue weighted by molar-refractivity contribution is 0.0589. The molecule has 0 aliphatic carbocycles. The van der Waals surface area contributed by atoms with E-state index in [1.54, 1.807) is 18.0 Å². The molecular weight excluding hydrogens is 480 g/mol. The van der Waals surface area contributed by atoms with Crippen molar-refractivity contribution in [2.45, 2.75) is 47.2 Å². The van der Waals surface area contributed by atoms with Gasteiger partial charge in [-0.15, -0.1) is 0 Å². The fourth-order valence-electron chi connectivity index (χ4n) is 4.78. The van der Waals surface area contributed by atoms with E-state index in [1.807, 2.05) is 25.1 Å². The number of ether oxygens (including phenoxy) is 2. The molecule has 0 bridgehead atoms. The number of hydrogen-bond acceptors (Lipinski definition) is 8. The summed E-state index contributed by atoms with van der Waals surface area (Å²) in [4.78, 5) is 25.1. The maximum absolute atomic E-state index is 12.0. The maximum Gasteiger partial charge on any atom is 0.356 e. The first kappa shape index (κ1) is 26.7. The van der Waals surface area contributed by atoms with Crippen LogP contribution in [0.1, 0.15) is 55.1 Å². The molecular formula is C29H34N6O3. The Hall–Kier alpha value is -4.40. The number of nitrogen functional groups attached to an aromatic ring is 1. The topological polar surface area (TPSA) is 117 Å². The van der Waals surface area contributed by atoms with Crippen LogP contribution in [0.15, 0.2) is 42.9 Å². The number of methoxy groups -OCH3 is 2. The van der Waals surface area contributed by atoms with Crippen molar-refractivity contribution in [2.75, 3.05) is 25.3 Å². The lowest BCUT2D eigenvalue weighted by Crippen LogP contribution is -2.12. The first-order chi connectivity index (χ1) is 18.2. The van der Waals surface area contributed by atoms with Gasteiger partial charge in [0, 0.05) is 30.8 Å². The third-order valence-electron chi connectivity index (χ3n) is 6.68. The normalized spacial score (nSPS) is 10.9. The fraction of sp³-hybridized carbons (Fsp3) is 0.310. The molecule has 0 radical (unpaired) electrons. The Bertz CT molecular complexity index is 1450. The van der Waals surface area contributed by atoms with Gasteiger partial charge in [0.2, 0.25) is 5.95 Å². The zero-order valence-corrected chi connectivity index (χ0v) is 22.8. The number of nitrogens with two attached hydrogens (primary N) is 1. The van der Waals surface area contributed by atoms with Crippen molar-refractivity contribution in [1.82, 2.24) is 19.5 Å². The van der Waals surface area contributed by atoms with Crippen LogP contribution in [0.3, 0.4) is 0 Å². The number of aromatic nitrogens is 4. The Balaban J connectivity index is 1.60. The Labute approximate surface area is 223 Å². The van der Waals surface area contributed by atoms with E-state index in [2.05, 4.69) is 53.2 Å². The quantitative estimate of drug-likeness (QED) is 0.313. The molecule has 4 rings (SSSR count). The average molecular weight is 515 g/mol. The summed E-state index contributed by atoms with van der Waals surface area (Å²) in [7, 11) is 3.00. The smallest absolute Gasteiger partial charge is 0.356 e. The summed E-state index contributed by atoms with van der Waals surface area (Å²) < 4.78 is 12.3. The molecule has 9 nitrogen and oxygen atoms in total. The molecule has 9 heteroatoms. The lowest BCUT2D eigenvalue weighted by Gasteiger charge is -2.18. The predicted octanol–water partition coefficient (Wildman–Crippen LogP) is 4.54. The van der Waals surface area contributed by atoms with Crippen molar-refractivity contribution >= 4 is 17.7 Å². The third-order valence-corrected chi connectivity index (χ3v) is 6.68. The number of carbonyl (C=O) groups excluding carboxylic acids is 1. The van der Waals surface area contributed by atoms with Crippen molar-refractivity contribution in [3.05, 3.63) is 93.2 Å². The van der Waals surface area contributed by atoms with Gasteiger partial charge in [-0.3, -0.25) is 0 Å². The largest absolute Gasteiger partial charge is 0.496 e. The first-order valence-corrected chi connectivity index (χ1v) is 12.4. The van der Waals surface area contributed by atoms with E-state index >= 15 is 0 Å². The van der Waals surface area contributed by atoms with Gasteiger partial charge in [0.15, 0.2) is 0 Å². The van der Waals surface area contributed by atoms with E-state index in [4.69, 9.17) is 15.2 Å². The summed E-state index contributed by atoms with van der Waals surface area (Å²) in [6, 6.07) is 10.4. The number of anilines is 2. The van der Waals surface area contributed by atoms with E-state index < -0.39 is 5.97 Å². The molecule has 2 aromatic heterocycles. The number of nitrogens with one attached hydrogen (secondary N) is 1. The van der Waals surface area contributed by atoms with Crippen LogP contribution in [0.5, 0.6) is 5.75 Å². The van der Waals surface area contributed by atoms with Gasteiger partial charge < -0.3 is 25.1 Å². The van der Waals surface area contributed by atoms with Crippen LogP contribution in [0.25, 0.3) is 0 Å². The minimum absolute atomic E-state index is 0.232. The van der Waals surface area contributed by atoms with E-state index in [-0.39, 0.29) is 5.95 Å². The minimum Gasteiger partial charge on any atom is -0.496 e. The second kappa shape index (κ2) is 11.3. The average Bonchev–Trinajstić information content (AvgIpc) is 3.33. The number of rotatable bonds is 9. The zero-order chi connectivity index (χ0) is 27.4. The van der Waals surface area contributed by atoms with Crippen LogP contribution in [0, 0.1) is 27.7 Å². The van der Waals surface area contributed by atoms with Crippen molar-refractivity contribution in [2.24, 2.45) is 0 Å². The van der Waals surface area contributed by atoms with Crippen LogP contribution in [0.2, 0.25) is 0 Å². The van der Waals surface area contributed by atoms with Gasteiger partial charge in [-0.1, -0.05) is 29.8 Å². The Kier molecular flexibility index (Phi) is 7.95. The number of imidazole rings is 1. The number of nitrogens with zero attached hydrogens (tertiary/aromatic N) is 4. The van der Waals surface area contributed by atoms with Crippen LogP contribution < -0.4 is 15.8 Å². The molecule has 3 N–H and O–H groups in total. The Morgan fingerprint density at radius 2 is 1.76 bits per heavy atom. The molecule has 0 spiro atoms. The summed E-state index contributed by atoms with van der Waals surface area (Å²) in [6.45, 7) is 9.38. The summed E-state index contributed by atoms with van der Waals surface area (Å²) in [5, 5.41) is 3.51. The van der Waals surface area contributed by atoms with Gasteiger partial charge in [-0.25, -0.2) is 14.8 Å². The summed E-state index contributed by atoms with van der Waals surface area (Å²) in [6.07, 6.45) is 3.66. The van der Waals surface area contributed by atoms with Gasteiger partial charge in [-0.2, -0.15) is 4.98 Å². The molecule has 0 saturated carbocycles. The third kappa shape index (κ3) is 5.77. The number of hydrogen-bond donors (Lipinski definition) is 2. The highest BCUT2D eigenvalue weighted by molar-refractivity contribution is 5.87. The number of benzene rings is 2. The van der Waals surface area contributed by atoms with E-state index in [1.165, 1.54) is 35.6 Å². The van der Waals surface area contributed by atoms with E-state index in [0.29, 0.717) is 31.0 Å². The van der Waals surface area contributed by atoms with Crippen molar-refractivity contribution < 1.29 is 14.3 Å². The fourth-order valence-corrected chi connectivity index (χ4v) is 4.78. The van der Waals surface area contributed by atoms with Gasteiger partial charge in [0.1, 0.15) is 17.3 Å². The molecule has 4 aromatic rings. The zero-order valence-electron chi connectivity index (χ0n) is 22.8. The molecule has 0 aliphatic heterocycles. The summed E-state index contributed by atoms with van der Waals surface area (Å²) in [5.41, 5.74) is 15.1. The molecule has 38 heavy (non-hydrogen) atoms. The number of esters is 1. The molecule has 2 aromatic carbocycles. The van der Waals surface area contributed by atoms with Gasteiger partial charge >= 0.3 is 5.97 Å². The molecule has 0 aliphatic rings. The number of aryl methyl sites for hydroxylation is 4. The highest BCUT2D eigenvalue weighted by Gasteiger charge is 2.17. The van der Waals surface area contributed by atoms with Gasteiger partial charge in [0.25, 0.3) is 0 Å². The van der Waals surface area contributed by atoms with Crippen LogP contribution in [-0.2, 0) is 24.2 Å². The summed E-state index contributed by atoms with van der Waals surface area (Å²) in [5.74, 6) is 1.24. The second-order valence-corrected chi connectivity index (χ2v) is 9.45.